The number of rotatable bonds is 6. The Morgan fingerprint density at radius 3 is 2.18 bits per heavy atom. The lowest BCUT2D eigenvalue weighted by molar-refractivity contribution is -0.174. The summed E-state index contributed by atoms with van der Waals surface area (Å²) < 4.78 is 37.7. The fourth-order valence-corrected chi connectivity index (χ4v) is 3.52. The van der Waals surface area contributed by atoms with E-state index in [9.17, 15) is 27.6 Å². The lowest BCUT2D eigenvalue weighted by Gasteiger charge is -2.22. The number of likely N-dealkylation sites (tertiary alicyclic amines) is 1. The molecule has 2 aliphatic rings. The predicted octanol–water partition coefficient (Wildman–Crippen LogP) is 4.70. The first kappa shape index (κ1) is 35.9. The van der Waals surface area contributed by atoms with E-state index in [1.54, 1.807) is 11.5 Å². The minimum atomic E-state index is -4.95. The number of halogens is 3. The van der Waals surface area contributed by atoms with Gasteiger partial charge in [0.1, 0.15) is 6.04 Å². The third-order valence-electron chi connectivity index (χ3n) is 6.09. The SMILES string of the molecule is CC.CC(C)C.C[C@H]1CN(C(=O)CNC(=O)C(F)(F)F)CC1(C)C.Cc1c(C(C#N)NC=O)cnn1C1CC1. The molecule has 0 aromatic carbocycles. The zero-order valence-corrected chi connectivity index (χ0v) is 24.6. The average Bonchev–Trinajstić information content (AvgIpc) is 3.56. The summed E-state index contributed by atoms with van der Waals surface area (Å²) in [5, 5.41) is 17.2. The van der Waals surface area contributed by atoms with Crippen molar-refractivity contribution in [2.75, 3.05) is 19.6 Å². The van der Waals surface area contributed by atoms with Crippen molar-refractivity contribution in [1.82, 2.24) is 25.3 Å². The van der Waals surface area contributed by atoms with Gasteiger partial charge in [0, 0.05) is 24.3 Å². The summed E-state index contributed by atoms with van der Waals surface area (Å²) in [5.74, 6) is -1.45. The second-order valence-corrected chi connectivity index (χ2v) is 10.8. The van der Waals surface area contributed by atoms with Crippen molar-refractivity contribution < 1.29 is 27.6 Å². The van der Waals surface area contributed by atoms with Crippen molar-refractivity contribution in [2.45, 2.75) is 93.4 Å². The monoisotopic (exact) mass is 558 g/mol. The third kappa shape index (κ3) is 12.1. The average molecular weight is 559 g/mol. The predicted molar refractivity (Wildman–Crippen MR) is 143 cm³/mol. The second-order valence-electron chi connectivity index (χ2n) is 10.8. The summed E-state index contributed by atoms with van der Waals surface area (Å²) in [5.41, 5.74) is 1.71. The molecule has 2 atom stereocenters. The molecule has 1 aliphatic carbocycles. The first-order chi connectivity index (χ1) is 18.0. The number of aromatic nitrogens is 2. The lowest BCUT2D eigenvalue weighted by atomic mass is 9.84. The number of amides is 3. The van der Waals surface area contributed by atoms with Crippen LogP contribution in [0.25, 0.3) is 0 Å². The fraction of sp³-hybridized carbons (Fsp3) is 0.741. The molecule has 1 saturated heterocycles. The van der Waals surface area contributed by atoms with Crippen LogP contribution in [0.2, 0.25) is 0 Å². The van der Waals surface area contributed by atoms with E-state index in [2.05, 4.69) is 31.2 Å². The van der Waals surface area contributed by atoms with Gasteiger partial charge in [0.25, 0.3) is 0 Å². The molecule has 2 fully saturated rings. The van der Waals surface area contributed by atoms with Crippen LogP contribution in [-0.2, 0) is 14.4 Å². The summed E-state index contributed by atoms with van der Waals surface area (Å²) in [7, 11) is 0. The Hall–Kier alpha value is -3.10. The zero-order valence-electron chi connectivity index (χ0n) is 24.6. The Balaban J connectivity index is 0.000000622. The Bertz CT molecular complexity index is 962. The van der Waals surface area contributed by atoms with E-state index in [1.165, 1.54) is 4.90 Å². The normalized spacial score (nSPS) is 18.2. The quantitative estimate of drug-likeness (QED) is 0.491. The van der Waals surface area contributed by atoms with Gasteiger partial charge in [-0.05, 0) is 37.0 Å². The van der Waals surface area contributed by atoms with Crippen LogP contribution in [0.4, 0.5) is 13.2 Å². The first-order valence-electron chi connectivity index (χ1n) is 13.3. The van der Waals surface area contributed by atoms with E-state index in [-0.39, 0.29) is 11.3 Å². The summed E-state index contributed by atoms with van der Waals surface area (Å²) in [6.45, 7) is 18.8. The zero-order chi connectivity index (χ0) is 30.6. The molecular formula is C27H45F3N6O3. The van der Waals surface area contributed by atoms with Crippen molar-refractivity contribution >= 4 is 18.2 Å². The van der Waals surface area contributed by atoms with Crippen LogP contribution < -0.4 is 10.6 Å². The van der Waals surface area contributed by atoms with Crippen LogP contribution in [-0.4, -0.2) is 58.7 Å². The van der Waals surface area contributed by atoms with Gasteiger partial charge in [0.05, 0.1) is 24.9 Å². The standard InChI is InChI=1S/C11H17F3N2O2.C10H12N4O.C4H10.C2H6/c1-7-5-16(6-10(7,2)3)8(17)4-15-9(18)11(12,13)14;1-7-9(10(4-11)12-6-15)5-13-14(7)8-2-3-8;1-4(2)3;1-2/h7H,4-6H2,1-3H3,(H,15,18);5-6,8,10H,2-3H2,1H3,(H,12,15);4H,1-3H3;1-2H3/t7-;;;/m0.../s1. The highest BCUT2D eigenvalue weighted by Gasteiger charge is 2.41. The molecular weight excluding hydrogens is 513 g/mol. The van der Waals surface area contributed by atoms with Crippen molar-refractivity contribution in [2.24, 2.45) is 17.3 Å². The summed E-state index contributed by atoms with van der Waals surface area (Å²) in [6.07, 6.45) is -0.432. The maximum Gasteiger partial charge on any atom is 0.471 e. The number of hydrogen-bond donors (Lipinski definition) is 2. The number of carbonyl (C=O) groups excluding carboxylic acids is 3. The summed E-state index contributed by atoms with van der Waals surface area (Å²) in [4.78, 5) is 34.0. The lowest BCUT2D eigenvalue weighted by Crippen LogP contribution is -2.44. The molecule has 1 aromatic rings. The van der Waals surface area contributed by atoms with E-state index in [0.717, 1.165) is 30.0 Å². The molecule has 3 rings (SSSR count). The fourth-order valence-electron chi connectivity index (χ4n) is 3.52. The molecule has 39 heavy (non-hydrogen) atoms. The maximum absolute atomic E-state index is 11.9. The molecule has 2 N–H and O–H groups in total. The van der Waals surface area contributed by atoms with Gasteiger partial charge in [-0.1, -0.05) is 55.4 Å². The molecule has 0 radical (unpaired) electrons. The van der Waals surface area contributed by atoms with Gasteiger partial charge in [-0.2, -0.15) is 23.5 Å². The summed E-state index contributed by atoms with van der Waals surface area (Å²) >= 11 is 0. The number of nitriles is 1. The van der Waals surface area contributed by atoms with Gasteiger partial charge >= 0.3 is 12.1 Å². The number of nitrogens with one attached hydrogen (secondary N) is 2. The van der Waals surface area contributed by atoms with Gasteiger partial charge in [-0.25, -0.2) is 0 Å². The minimum Gasteiger partial charge on any atom is -0.340 e. The topological polar surface area (TPSA) is 120 Å². The van der Waals surface area contributed by atoms with Gasteiger partial charge in [0.15, 0.2) is 0 Å². The highest BCUT2D eigenvalue weighted by molar-refractivity contribution is 5.87. The molecule has 3 amide bonds. The second kappa shape index (κ2) is 16.1. The Kier molecular flexibility index (Phi) is 14.8. The van der Waals surface area contributed by atoms with E-state index in [0.29, 0.717) is 25.5 Å². The Labute approximate surface area is 230 Å². The van der Waals surface area contributed by atoms with Crippen LogP contribution in [0.3, 0.4) is 0 Å². The largest absolute Gasteiger partial charge is 0.471 e. The van der Waals surface area contributed by atoms with Gasteiger partial charge in [-0.3, -0.25) is 19.1 Å². The molecule has 0 spiro atoms. The number of nitrogens with zero attached hydrogens (tertiary/aromatic N) is 4. The van der Waals surface area contributed by atoms with Crippen molar-refractivity contribution in [3.05, 3.63) is 17.5 Å². The van der Waals surface area contributed by atoms with E-state index in [1.807, 2.05) is 52.3 Å². The van der Waals surface area contributed by atoms with Crippen LogP contribution in [0.1, 0.15) is 91.6 Å². The van der Waals surface area contributed by atoms with Crippen LogP contribution in [0, 0.1) is 35.5 Å². The first-order valence-corrected chi connectivity index (χ1v) is 13.3. The molecule has 1 aromatic heterocycles. The number of alkyl halides is 3. The van der Waals surface area contributed by atoms with E-state index < -0.39 is 30.6 Å². The van der Waals surface area contributed by atoms with E-state index >= 15 is 0 Å². The van der Waals surface area contributed by atoms with Crippen molar-refractivity contribution in [1.29, 1.82) is 5.26 Å². The smallest absolute Gasteiger partial charge is 0.340 e. The van der Waals surface area contributed by atoms with Gasteiger partial charge in [0.2, 0.25) is 12.3 Å². The molecule has 2 heterocycles. The molecule has 1 saturated carbocycles. The van der Waals surface area contributed by atoms with Crippen LogP contribution in [0.15, 0.2) is 6.20 Å². The highest BCUT2D eigenvalue weighted by atomic mass is 19.4. The van der Waals surface area contributed by atoms with Crippen molar-refractivity contribution in [3.8, 4) is 6.07 Å². The molecule has 1 unspecified atom stereocenters. The summed E-state index contributed by atoms with van der Waals surface area (Å²) in [6, 6.07) is 1.94. The Morgan fingerprint density at radius 2 is 1.79 bits per heavy atom. The molecule has 1 aliphatic heterocycles. The minimum absolute atomic E-state index is 0.0519. The maximum atomic E-state index is 11.9. The molecule has 0 bridgehead atoms. The number of hydrogen-bond acceptors (Lipinski definition) is 5. The Morgan fingerprint density at radius 1 is 1.26 bits per heavy atom. The number of carbonyl (C=O) groups is 3. The van der Waals surface area contributed by atoms with Gasteiger partial charge in [-0.15, -0.1) is 0 Å². The van der Waals surface area contributed by atoms with E-state index in [4.69, 9.17) is 5.26 Å². The molecule has 9 nitrogen and oxygen atoms in total. The van der Waals surface area contributed by atoms with Crippen LogP contribution >= 0.6 is 0 Å². The molecule has 222 valence electrons. The third-order valence-corrected chi connectivity index (χ3v) is 6.09. The van der Waals surface area contributed by atoms with Gasteiger partial charge < -0.3 is 15.5 Å². The molecule has 12 heteroatoms. The van der Waals surface area contributed by atoms with Crippen molar-refractivity contribution in [3.63, 3.8) is 0 Å². The highest BCUT2D eigenvalue weighted by Crippen LogP contribution is 2.36. The van der Waals surface area contributed by atoms with Crippen LogP contribution in [0.5, 0.6) is 0 Å².